The van der Waals surface area contributed by atoms with Crippen molar-refractivity contribution < 1.29 is 14.3 Å². The molecule has 0 aliphatic heterocycles. The van der Waals surface area contributed by atoms with Gasteiger partial charge in [0, 0.05) is 6.42 Å². The van der Waals surface area contributed by atoms with E-state index in [9.17, 15) is 4.79 Å². The summed E-state index contributed by atoms with van der Waals surface area (Å²) in [5.74, 6) is 0.667. The summed E-state index contributed by atoms with van der Waals surface area (Å²) in [6.45, 7) is 2.51. The van der Waals surface area contributed by atoms with Crippen molar-refractivity contribution in [3.05, 3.63) is 47.8 Å². The Bertz CT molecular complexity index is 400. The van der Waals surface area contributed by atoms with Gasteiger partial charge in [-0.15, -0.1) is 0 Å². The molecule has 19 heavy (non-hydrogen) atoms. The van der Waals surface area contributed by atoms with Crippen LogP contribution in [0.4, 0.5) is 0 Å². The second kappa shape index (κ2) is 9.20. The minimum Gasteiger partial charge on any atom is -0.501 e. The largest absolute Gasteiger partial charge is 0.501 e. The number of rotatable bonds is 6. The molecule has 0 unspecified atom stereocenters. The van der Waals surface area contributed by atoms with E-state index in [2.05, 4.69) is 13.0 Å². The van der Waals surface area contributed by atoms with Crippen LogP contribution >= 0.6 is 0 Å². The number of allylic oxidation sites excluding steroid dienone is 4. The van der Waals surface area contributed by atoms with E-state index in [1.54, 1.807) is 13.2 Å². The van der Waals surface area contributed by atoms with Gasteiger partial charge in [-0.05, 0) is 25.3 Å². The molecule has 3 nitrogen and oxygen atoms in total. The fourth-order valence-electron chi connectivity index (χ4n) is 1.68. The van der Waals surface area contributed by atoms with Gasteiger partial charge in [-0.2, -0.15) is 0 Å². The third-order valence-corrected chi connectivity index (χ3v) is 2.72. The molecule has 0 spiro atoms. The van der Waals surface area contributed by atoms with Gasteiger partial charge in [0.2, 0.25) is 0 Å². The van der Waals surface area contributed by atoms with E-state index in [1.165, 1.54) is 0 Å². The van der Waals surface area contributed by atoms with E-state index in [0.717, 1.165) is 18.6 Å². The number of carbonyl (C=O) groups is 1. The van der Waals surface area contributed by atoms with Crippen LogP contribution in [0.5, 0.6) is 0 Å². The molecular formula is C16H22O3. The van der Waals surface area contributed by atoms with Crippen molar-refractivity contribution >= 4 is 5.97 Å². The maximum atomic E-state index is 11.8. The monoisotopic (exact) mass is 262 g/mol. The normalized spacial score (nSPS) is 22.6. The molecule has 0 saturated carbocycles. The zero-order valence-corrected chi connectivity index (χ0v) is 11.7. The number of hydrogen-bond donors (Lipinski definition) is 0. The Balaban J connectivity index is 2.44. The van der Waals surface area contributed by atoms with E-state index in [4.69, 9.17) is 9.47 Å². The summed E-state index contributed by atoms with van der Waals surface area (Å²) in [5, 5.41) is 0. The van der Waals surface area contributed by atoms with Crippen molar-refractivity contribution in [1.29, 1.82) is 0 Å². The summed E-state index contributed by atoms with van der Waals surface area (Å²) in [5.41, 5.74) is 0.617. The minimum absolute atomic E-state index is 0.254. The smallest absolute Gasteiger partial charge is 0.337 e. The quantitative estimate of drug-likeness (QED) is 0.416. The van der Waals surface area contributed by atoms with Crippen molar-refractivity contribution in [1.82, 2.24) is 0 Å². The van der Waals surface area contributed by atoms with Crippen LogP contribution in [0, 0.1) is 0 Å². The molecule has 3 heteroatoms. The third-order valence-electron chi connectivity index (χ3n) is 2.72. The van der Waals surface area contributed by atoms with Gasteiger partial charge in [-0.25, -0.2) is 4.79 Å². The molecule has 0 saturated heterocycles. The Labute approximate surface area is 115 Å². The fraction of sp³-hybridized carbons (Fsp3) is 0.438. The maximum Gasteiger partial charge on any atom is 0.337 e. The number of methoxy groups -OCH3 is 1. The zero-order valence-electron chi connectivity index (χ0n) is 11.7. The van der Waals surface area contributed by atoms with Crippen LogP contribution in [0.2, 0.25) is 0 Å². The molecular weight excluding hydrogens is 240 g/mol. The summed E-state index contributed by atoms with van der Waals surface area (Å²) in [6.07, 6.45) is 14.8. The molecule has 1 rings (SSSR count). The van der Waals surface area contributed by atoms with Crippen molar-refractivity contribution in [3.63, 3.8) is 0 Å². The number of hydrogen-bond acceptors (Lipinski definition) is 3. The SMILES string of the molecule is CC/C=C\CCOC(=O)C1=C/C/C=C(/OC)C/C=C\1. The molecule has 0 amide bonds. The lowest BCUT2D eigenvalue weighted by Crippen LogP contribution is -2.08. The summed E-state index contributed by atoms with van der Waals surface area (Å²) in [4.78, 5) is 11.8. The highest BCUT2D eigenvalue weighted by Gasteiger charge is 2.08. The average Bonchev–Trinajstić information content (AvgIpc) is 2.38. The van der Waals surface area contributed by atoms with Crippen LogP contribution in [-0.4, -0.2) is 19.7 Å². The predicted octanol–water partition coefficient (Wildman–Crippen LogP) is 3.69. The lowest BCUT2D eigenvalue weighted by Gasteiger charge is -2.07. The third kappa shape index (κ3) is 6.09. The first-order valence-corrected chi connectivity index (χ1v) is 6.69. The van der Waals surface area contributed by atoms with Crippen LogP contribution in [0.25, 0.3) is 0 Å². The van der Waals surface area contributed by atoms with Crippen LogP contribution in [0.3, 0.4) is 0 Å². The summed E-state index contributed by atoms with van der Waals surface area (Å²) < 4.78 is 10.4. The Hall–Kier alpha value is -1.77. The van der Waals surface area contributed by atoms with E-state index >= 15 is 0 Å². The Morgan fingerprint density at radius 2 is 2.21 bits per heavy atom. The van der Waals surface area contributed by atoms with Gasteiger partial charge in [-0.3, -0.25) is 0 Å². The first-order chi connectivity index (χ1) is 9.27. The van der Waals surface area contributed by atoms with Gasteiger partial charge in [0.05, 0.1) is 25.0 Å². The summed E-state index contributed by atoms with van der Waals surface area (Å²) in [7, 11) is 1.66. The van der Waals surface area contributed by atoms with E-state index in [1.807, 2.05) is 24.3 Å². The number of esters is 1. The van der Waals surface area contributed by atoms with Crippen LogP contribution in [-0.2, 0) is 14.3 Å². The minimum atomic E-state index is -0.254. The first-order valence-electron chi connectivity index (χ1n) is 6.69. The molecule has 0 bridgehead atoms. The average molecular weight is 262 g/mol. The lowest BCUT2D eigenvalue weighted by molar-refractivity contribution is -0.138. The van der Waals surface area contributed by atoms with Crippen molar-refractivity contribution in [3.8, 4) is 0 Å². The van der Waals surface area contributed by atoms with Gasteiger partial charge in [-0.1, -0.05) is 37.3 Å². The van der Waals surface area contributed by atoms with Gasteiger partial charge in [0.15, 0.2) is 0 Å². The van der Waals surface area contributed by atoms with Crippen molar-refractivity contribution in [2.75, 3.05) is 13.7 Å². The number of ether oxygens (including phenoxy) is 2. The topological polar surface area (TPSA) is 35.5 Å². The second-order valence-electron chi connectivity index (χ2n) is 4.18. The van der Waals surface area contributed by atoms with E-state index in [0.29, 0.717) is 25.0 Å². The molecule has 1 aliphatic carbocycles. The molecule has 0 N–H and O–H groups in total. The number of carbonyl (C=O) groups excluding carboxylic acids is 1. The molecule has 0 radical (unpaired) electrons. The predicted molar refractivity (Wildman–Crippen MR) is 76.6 cm³/mol. The Morgan fingerprint density at radius 3 is 2.95 bits per heavy atom. The fourth-order valence-corrected chi connectivity index (χ4v) is 1.68. The van der Waals surface area contributed by atoms with Crippen LogP contribution < -0.4 is 0 Å². The maximum absolute atomic E-state index is 11.8. The Morgan fingerprint density at radius 1 is 1.37 bits per heavy atom. The standard InChI is InChI=1S/C16H22O3/c1-3-4-5-6-13-19-16(17)14-9-7-11-15(18-2)12-8-10-14/h4-5,7,9-10,12H,3,6,8,11,13H2,1-2H3/b5-4-,9-7-,14-10+,15-12+. The van der Waals surface area contributed by atoms with E-state index in [-0.39, 0.29) is 5.97 Å². The highest BCUT2D eigenvalue weighted by Crippen LogP contribution is 2.13. The second-order valence-corrected chi connectivity index (χ2v) is 4.18. The highest BCUT2D eigenvalue weighted by atomic mass is 16.5. The Kier molecular flexibility index (Phi) is 7.40. The zero-order chi connectivity index (χ0) is 13.9. The molecule has 0 heterocycles. The molecule has 0 aromatic heterocycles. The van der Waals surface area contributed by atoms with Crippen LogP contribution in [0.1, 0.15) is 32.6 Å². The van der Waals surface area contributed by atoms with Gasteiger partial charge >= 0.3 is 5.97 Å². The molecule has 0 atom stereocenters. The van der Waals surface area contributed by atoms with Gasteiger partial charge in [0.25, 0.3) is 0 Å². The highest BCUT2D eigenvalue weighted by molar-refractivity contribution is 5.91. The van der Waals surface area contributed by atoms with E-state index < -0.39 is 0 Å². The molecule has 1 aliphatic rings. The first kappa shape index (κ1) is 15.3. The van der Waals surface area contributed by atoms with Crippen LogP contribution in [0.15, 0.2) is 47.8 Å². The summed E-state index contributed by atoms with van der Waals surface area (Å²) in [6, 6.07) is 0. The van der Waals surface area contributed by atoms with Crippen molar-refractivity contribution in [2.24, 2.45) is 0 Å². The molecule has 104 valence electrons. The van der Waals surface area contributed by atoms with Crippen molar-refractivity contribution in [2.45, 2.75) is 32.6 Å². The molecule has 0 fully saturated rings. The molecule has 0 aromatic carbocycles. The van der Waals surface area contributed by atoms with Gasteiger partial charge in [0.1, 0.15) is 0 Å². The summed E-state index contributed by atoms with van der Waals surface area (Å²) >= 11 is 0. The lowest BCUT2D eigenvalue weighted by atomic mass is 10.1. The van der Waals surface area contributed by atoms with Gasteiger partial charge < -0.3 is 9.47 Å². The molecule has 0 aromatic rings.